The topological polar surface area (TPSA) is 82.0 Å². The molecule has 0 aliphatic heterocycles. The van der Waals surface area contributed by atoms with Crippen molar-refractivity contribution in [1.29, 1.82) is 5.26 Å². The normalized spacial score (nSPS) is 9.00. The third-order valence-electron chi connectivity index (χ3n) is 1.72. The summed E-state index contributed by atoms with van der Waals surface area (Å²) < 4.78 is 0.646. The van der Waals surface area contributed by atoms with Crippen LogP contribution in [-0.4, -0.2) is 18.4 Å². The number of amides is 2. The highest BCUT2D eigenvalue weighted by Crippen LogP contribution is 2.15. The van der Waals surface area contributed by atoms with Crippen LogP contribution in [-0.2, 0) is 4.79 Å². The number of carbonyl (C=O) groups is 2. The third kappa shape index (κ3) is 3.37. The van der Waals surface area contributed by atoms with Crippen LogP contribution in [0.3, 0.4) is 0 Å². The Bertz CT molecular complexity index is 454. The van der Waals surface area contributed by atoms with E-state index in [0.29, 0.717) is 10.0 Å². The zero-order chi connectivity index (χ0) is 12.0. The van der Waals surface area contributed by atoms with Crippen molar-refractivity contribution < 1.29 is 9.59 Å². The molecule has 1 aromatic rings. The number of benzene rings is 1. The summed E-state index contributed by atoms with van der Waals surface area (Å²) in [5.74, 6) is -0.927. The highest BCUT2D eigenvalue weighted by Gasteiger charge is 2.09. The van der Waals surface area contributed by atoms with E-state index in [4.69, 9.17) is 5.26 Å². The summed E-state index contributed by atoms with van der Waals surface area (Å²) in [7, 11) is 0. The number of hydrogen-bond donors (Lipinski definition) is 2. The molecule has 0 atom stereocenters. The largest absolute Gasteiger partial charge is 0.343 e. The molecule has 0 unspecified atom stereocenters. The van der Waals surface area contributed by atoms with Gasteiger partial charge in [-0.15, -0.1) is 0 Å². The van der Waals surface area contributed by atoms with Gasteiger partial charge in [0.1, 0.15) is 0 Å². The molecule has 82 valence electrons. The minimum absolute atomic E-state index is 0.228. The molecule has 0 spiro atoms. The van der Waals surface area contributed by atoms with Crippen LogP contribution in [0.4, 0.5) is 0 Å². The quantitative estimate of drug-likeness (QED) is 0.634. The van der Waals surface area contributed by atoms with Gasteiger partial charge >= 0.3 is 0 Å². The van der Waals surface area contributed by atoms with Crippen LogP contribution in [0.1, 0.15) is 10.4 Å². The van der Waals surface area contributed by atoms with Crippen LogP contribution in [0.15, 0.2) is 28.7 Å². The molecule has 0 aliphatic carbocycles. The second-order valence-electron chi connectivity index (χ2n) is 2.82. The van der Waals surface area contributed by atoms with Crippen LogP contribution in [0.5, 0.6) is 0 Å². The number of carbonyl (C=O) groups excluding carboxylic acids is 2. The molecule has 5 nitrogen and oxygen atoms in total. The molecule has 0 radical (unpaired) electrons. The number of rotatable bonds is 3. The maximum atomic E-state index is 11.6. The van der Waals surface area contributed by atoms with Gasteiger partial charge in [-0.25, -0.2) is 0 Å². The Morgan fingerprint density at radius 3 is 2.69 bits per heavy atom. The van der Waals surface area contributed by atoms with Crippen molar-refractivity contribution in [3.8, 4) is 6.19 Å². The molecule has 0 aliphatic rings. The fraction of sp³-hybridized carbons (Fsp3) is 0.100. The second-order valence-corrected chi connectivity index (χ2v) is 3.68. The van der Waals surface area contributed by atoms with E-state index >= 15 is 0 Å². The van der Waals surface area contributed by atoms with Crippen molar-refractivity contribution in [2.75, 3.05) is 6.54 Å². The average Bonchev–Trinajstić information content (AvgIpc) is 2.27. The van der Waals surface area contributed by atoms with Gasteiger partial charge in [0.2, 0.25) is 0 Å². The van der Waals surface area contributed by atoms with Crippen LogP contribution >= 0.6 is 15.9 Å². The van der Waals surface area contributed by atoms with Crippen LogP contribution in [0, 0.1) is 11.5 Å². The van der Waals surface area contributed by atoms with E-state index in [1.54, 1.807) is 24.3 Å². The monoisotopic (exact) mass is 281 g/mol. The third-order valence-corrected chi connectivity index (χ3v) is 2.41. The molecule has 0 heterocycles. The average molecular weight is 282 g/mol. The predicted molar refractivity (Wildman–Crippen MR) is 60.2 cm³/mol. The molecule has 0 aromatic heterocycles. The zero-order valence-electron chi connectivity index (χ0n) is 8.16. The fourth-order valence-electron chi connectivity index (χ4n) is 1.01. The molecule has 16 heavy (non-hydrogen) atoms. The molecule has 1 aromatic carbocycles. The first-order chi connectivity index (χ1) is 7.65. The van der Waals surface area contributed by atoms with Crippen molar-refractivity contribution >= 4 is 27.7 Å². The van der Waals surface area contributed by atoms with Crippen LogP contribution in [0.25, 0.3) is 0 Å². The smallest absolute Gasteiger partial charge is 0.252 e. The van der Waals surface area contributed by atoms with Gasteiger partial charge in [0, 0.05) is 4.47 Å². The van der Waals surface area contributed by atoms with E-state index in [0.717, 1.165) is 0 Å². The Kier molecular flexibility index (Phi) is 4.48. The van der Waals surface area contributed by atoms with Gasteiger partial charge in [-0.05, 0) is 28.1 Å². The highest BCUT2D eigenvalue weighted by atomic mass is 79.9. The summed E-state index contributed by atoms with van der Waals surface area (Å²) in [5.41, 5.74) is 0.437. The number of nitrogens with zero attached hydrogens (tertiary/aromatic N) is 1. The predicted octanol–water partition coefficient (Wildman–Crippen LogP) is 0.776. The number of nitrogens with one attached hydrogen (secondary N) is 2. The van der Waals surface area contributed by atoms with E-state index in [2.05, 4.69) is 21.2 Å². The Hall–Kier alpha value is -1.87. The van der Waals surface area contributed by atoms with E-state index in [-0.39, 0.29) is 12.5 Å². The zero-order valence-corrected chi connectivity index (χ0v) is 9.74. The summed E-state index contributed by atoms with van der Waals surface area (Å²) in [6.07, 6.45) is 1.48. The number of nitriles is 1. The minimum atomic E-state index is -0.553. The molecular weight excluding hydrogens is 274 g/mol. The van der Waals surface area contributed by atoms with Gasteiger partial charge in [-0.3, -0.25) is 14.9 Å². The Labute approximate surface area is 101 Å². The molecule has 0 bridgehead atoms. The summed E-state index contributed by atoms with van der Waals surface area (Å²) in [4.78, 5) is 22.5. The number of halogens is 1. The lowest BCUT2D eigenvalue weighted by molar-refractivity contribution is -0.119. The number of hydrogen-bond acceptors (Lipinski definition) is 3. The lowest BCUT2D eigenvalue weighted by atomic mass is 10.2. The van der Waals surface area contributed by atoms with E-state index in [1.165, 1.54) is 6.19 Å². The van der Waals surface area contributed by atoms with Gasteiger partial charge in [-0.1, -0.05) is 12.1 Å². The summed E-state index contributed by atoms with van der Waals surface area (Å²) in [6, 6.07) is 6.85. The van der Waals surface area contributed by atoms with E-state index < -0.39 is 5.91 Å². The second kappa shape index (κ2) is 5.88. The first-order valence-corrected chi connectivity index (χ1v) is 5.15. The van der Waals surface area contributed by atoms with Gasteiger partial charge in [0.15, 0.2) is 6.19 Å². The lowest BCUT2D eigenvalue weighted by Gasteiger charge is -2.04. The Morgan fingerprint density at radius 2 is 2.06 bits per heavy atom. The van der Waals surface area contributed by atoms with Gasteiger partial charge in [0.05, 0.1) is 12.1 Å². The fourth-order valence-corrected chi connectivity index (χ4v) is 1.47. The van der Waals surface area contributed by atoms with Crippen LogP contribution in [0.2, 0.25) is 0 Å². The summed E-state index contributed by atoms with van der Waals surface area (Å²) in [5, 5.41) is 12.5. The molecule has 2 amide bonds. The van der Waals surface area contributed by atoms with Crippen molar-refractivity contribution in [3.05, 3.63) is 34.3 Å². The Balaban J connectivity index is 2.58. The van der Waals surface area contributed by atoms with Gasteiger partial charge in [-0.2, -0.15) is 5.26 Å². The van der Waals surface area contributed by atoms with Crippen LogP contribution < -0.4 is 10.6 Å². The maximum absolute atomic E-state index is 11.6. The SMILES string of the molecule is N#CNC(=O)CNC(=O)c1ccccc1Br. The van der Waals surface area contributed by atoms with Crippen molar-refractivity contribution in [2.24, 2.45) is 0 Å². The summed E-state index contributed by atoms with van der Waals surface area (Å²) >= 11 is 3.22. The van der Waals surface area contributed by atoms with E-state index in [1.807, 2.05) is 5.32 Å². The van der Waals surface area contributed by atoms with E-state index in [9.17, 15) is 9.59 Å². The van der Waals surface area contributed by atoms with Crippen molar-refractivity contribution in [3.63, 3.8) is 0 Å². The molecular formula is C10H8BrN3O2. The molecule has 6 heteroatoms. The first kappa shape index (κ1) is 12.2. The molecule has 0 fully saturated rings. The highest BCUT2D eigenvalue weighted by molar-refractivity contribution is 9.10. The first-order valence-electron chi connectivity index (χ1n) is 4.36. The minimum Gasteiger partial charge on any atom is -0.343 e. The molecule has 0 saturated heterocycles. The standard InChI is InChI=1S/C10H8BrN3O2/c11-8-4-2-1-3-7(8)10(16)13-5-9(15)14-6-12/h1-4H,5H2,(H,13,16)(H,14,15). The van der Waals surface area contributed by atoms with Crippen molar-refractivity contribution in [1.82, 2.24) is 10.6 Å². The summed E-state index contributed by atoms with van der Waals surface area (Å²) in [6.45, 7) is -0.228. The lowest BCUT2D eigenvalue weighted by Crippen LogP contribution is -2.35. The molecule has 0 saturated carbocycles. The molecule has 2 N–H and O–H groups in total. The molecule has 1 rings (SSSR count). The Morgan fingerprint density at radius 1 is 1.38 bits per heavy atom. The maximum Gasteiger partial charge on any atom is 0.252 e. The van der Waals surface area contributed by atoms with Gasteiger partial charge < -0.3 is 5.32 Å². The van der Waals surface area contributed by atoms with Gasteiger partial charge in [0.25, 0.3) is 11.8 Å². The van der Waals surface area contributed by atoms with Crippen molar-refractivity contribution in [2.45, 2.75) is 0 Å².